The SMILES string of the molecule is Nc1ncccc1Nc1c(F)c(F)c(F)c(F)c1F. The zero-order valence-electron chi connectivity index (χ0n) is 9.15. The fourth-order valence-electron chi connectivity index (χ4n) is 1.37. The quantitative estimate of drug-likeness (QED) is 0.503. The number of benzene rings is 1. The third-order valence-electron chi connectivity index (χ3n) is 2.31. The van der Waals surface area contributed by atoms with E-state index in [-0.39, 0.29) is 11.5 Å². The molecule has 0 spiro atoms. The minimum Gasteiger partial charge on any atom is -0.382 e. The molecule has 0 unspecified atom stereocenters. The first-order valence-corrected chi connectivity index (χ1v) is 4.92. The van der Waals surface area contributed by atoms with E-state index in [1.165, 1.54) is 18.3 Å². The van der Waals surface area contributed by atoms with Gasteiger partial charge in [-0.1, -0.05) is 0 Å². The third kappa shape index (κ3) is 2.16. The average Bonchev–Trinajstić information content (AvgIpc) is 2.41. The van der Waals surface area contributed by atoms with Gasteiger partial charge in [-0.2, -0.15) is 0 Å². The molecule has 0 radical (unpaired) electrons. The zero-order valence-corrected chi connectivity index (χ0v) is 9.15. The maximum atomic E-state index is 13.4. The summed E-state index contributed by atoms with van der Waals surface area (Å²) in [5, 5.41) is 2.03. The number of halogens is 5. The first kappa shape index (κ1) is 13.1. The fraction of sp³-hybridized carbons (Fsp3) is 0. The number of nitrogens with one attached hydrogen (secondary N) is 1. The molecule has 19 heavy (non-hydrogen) atoms. The van der Waals surface area contributed by atoms with Crippen LogP contribution in [0.3, 0.4) is 0 Å². The van der Waals surface area contributed by atoms with Gasteiger partial charge in [-0.25, -0.2) is 26.9 Å². The topological polar surface area (TPSA) is 50.9 Å². The predicted molar refractivity (Wildman–Crippen MR) is 58.2 cm³/mol. The number of hydrogen-bond acceptors (Lipinski definition) is 3. The number of pyridine rings is 1. The van der Waals surface area contributed by atoms with E-state index in [1.807, 2.05) is 5.32 Å². The van der Waals surface area contributed by atoms with E-state index in [0.29, 0.717) is 0 Å². The van der Waals surface area contributed by atoms with Gasteiger partial charge in [0.1, 0.15) is 11.5 Å². The van der Waals surface area contributed by atoms with Gasteiger partial charge in [-0.15, -0.1) is 0 Å². The number of nitrogens with two attached hydrogens (primary N) is 1. The van der Waals surface area contributed by atoms with Gasteiger partial charge in [-0.3, -0.25) is 0 Å². The lowest BCUT2D eigenvalue weighted by Crippen LogP contribution is -2.08. The van der Waals surface area contributed by atoms with Crippen molar-refractivity contribution in [2.24, 2.45) is 0 Å². The van der Waals surface area contributed by atoms with Crippen LogP contribution in [-0.2, 0) is 0 Å². The molecule has 0 bridgehead atoms. The van der Waals surface area contributed by atoms with Gasteiger partial charge in [0, 0.05) is 6.20 Å². The summed E-state index contributed by atoms with van der Waals surface area (Å²) in [6.45, 7) is 0. The molecule has 3 nitrogen and oxygen atoms in total. The predicted octanol–water partition coefficient (Wildman–Crippen LogP) is 3.10. The molecule has 0 fully saturated rings. The summed E-state index contributed by atoms with van der Waals surface area (Å²) in [5.74, 6) is -10.4. The van der Waals surface area contributed by atoms with E-state index < -0.39 is 34.8 Å². The number of hydrogen-bond donors (Lipinski definition) is 2. The maximum absolute atomic E-state index is 13.4. The van der Waals surface area contributed by atoms with Gasteiger partial charge >= 0.3 is 0 Å². The Bertz CT molecular complexity index is 615. The Balaban J connectivity index is 2.56. The molecule has 1 aromatic heterocycles. The smallest absolute Gasteiger partial charge is 0.200 e. The maximum Gasteiger partial charge on any atom is 0.200 e. The monoisotopic (exact) mass is 275 g/mol. The van der Waals surface area contributed by atoms with E-state index in [4.69, 9.17) is 5.73 Å². The molecule has 0 saturated heterocycles. The van der Waals surface area contributed by atoms with E-state index >= 15 is 0 Å². The summed E-state index contributed by atoms with van der Waals surface area (Å²) in [4.78, 5) is 3.61. The summed E-state index contributed by atoms with van der Waals surface area (Å²) in [6.07, 6.45) is 1.30. The van der Waals surface area contributed by atoms with Crippen molar-refractivity contribution in [2.45, 2.75) is 0 Å². The van der Waals surface area contributed by atoms with Crippen molar-refractivity contribution >= 4 is 17.2 Å². The molecule has 1 aromatic carbocycles. The second-order valence-electron chi connectivity index (χ2n) is 3.51. The number of nitrogen functional groups attached to an aromatic ring is 1. The van der Waals surface area contributed by atoms with Crippen LogP contribution in [0, 0.1) is 29.1 Å². The van der Waals surface area contributed by atoms with Gasteiger partial charge < -0.3 is 11.1 Å². The molecule has 0 amide bonds. The van der Waals surface area contributed by atoms with Crippen LogP contribution in [0.5, 0.6) is 0 Å². The van der Waals surface area contributed by atoms with Gasteiger partial charge in [0.2, 0.25) is 5.82 Å². The van der Waals surface area contributed by atoms with E-state index in [0.717, 1.165) is 0 Å². The molecular formula is C11H6F5N3. The third-order valence-corrected chi connectivity index (χ3v) is 2.31. The van der Waals surface area contributed by atoms with E-state index in [2.05, 4.69) is 4.98 Å². The molecule has 0 saturated carbocycles. The van der Waals surface area contributed by atoms with Crippen LogP contribution < -0.4 is 11.1 Å². The Morgan fingerprint density at radius 1 is 0.895 bits per heavy atom. The fourth-order valence-corrected chi connectivity index (χ4v) is 1.37. The number of rotatable bonds is 2. The summed E-state index contributed by atoms with van der Waals surface area (Å²) in [6, 6.07) is 2.66. The first-order valence-electron chi connectivity index (χ1n) is 4.92. The Labute approximate surface area is 103 Å². The molecule has 3 N–H and O–H groups in total. The Kier molecular flexibility index (Phi) is 3.24. The highest BCUT2D eigenvalue weighted by Gasteiger charge is 2.26. The minimum atomic E-state index is -2.22. The molecule has 8 heteroatoms. The van der Waals surface area contributed by atoms with Crippen molar-refractivity contribution in [2.75, 3.05) is 11.1 Å². The highest BCUT2D eigenvalue weighted by molar-refractivity contribution is 5.70. The van der Waals surface area contributed by atoms with Crippen molar-refractivity contribution in [1.29, 1.82) is 0 Å². The van der Waals surface area contributed by atoms with Crippen LogP contribution in [0.1, 0.15) is 0 Å². The molecular weight excluding hydrogens is 269 g/mol. The normalized spacial score (nSPS) is 10.6. The molecule has 2 rings (SSSR count). The van der Waals surface area contributed by atoms with Gasteiger partial charge in [0.25, 0.3) is 0 Å². The van der Waals surface area contributed by atoms with Crippen molar-refractivity contribution in [3.05, 3.63) is 47.4 Å². The highest BCUT2D eigenvalue weighted by atomic mass is 19.2. The lowest BCUT2D eigenvalue weighted by molar-refractivity contribution is 0.382. The summed E-state index contributed by atoms with van der Waals surface area (Å²) in [7, 11) is 0. The van der Waals surface area contributed by atoms with Crippen molar-refractivity contribution in [3.63, 3.8) is 0 Å². The second kappa shape index (κ2) is 4.71. The van der Waals surface area contributed by atoms with Gasteiger partial charge in [0.05, 0.1) is 5.69 Å². The molecule has 2 aromatic rings. The first-order chi connectivity index (χ1) is 8.93. The second-order valence-corrected chi connectivity index (χ2v) is 3.51. The lowest BCUT2D eigenvalue weighted by atomic mass is 10.2. The average molecular weight is 275 g/mol. The van der Waals surface area contributed by atoms with Crippen LogP contribution in [0.25, 0.3) is 0 Å². The van der Waals surface area contributed by atoms with E-state index in [9.17, 15) is 22.0 Å². The Hall–Kier alpha value is -2.38. The van der Waals surface area contributed by atoms with Crippen LogP contribution in [0.4, 0.5) is 39.1 Å². The number of nitrogens with zero attached hydrogens (tertiary/aromatic N) is 1. The minimum absolute atomic E-state index is 0.0780. The van der Waals surface area contributed by atoms with Gasteiger partial charge in [0.15, 0.2) is 23.3 Å². The van der Waals surface area contributed by atoms with Crippen molar-refractivity contribution in [3.8, 4) is 0 Å². The Morgan fingerprint density at radius 3 is 1.95 bits per heavy atom. The molecule has 0 aliphatic carbocycles. The van der Waals surface area contributed by atoms with Crippen LogP contribution >= 0.6 is 0 Å². The summed E-state index contributed by atoms with van der Waals surface area (Å²) < 4.78 is 65.5. The number of aromatic nitrogens is 1. The molecule has 1 heterocycles. The van der Waals surface area contributed by atoms with Gasteiger partial charge in [-0.05, 0) is 12.1 Å². The number of anilines is 3. The lowest BCUT2D eigenvalue weighted by Gasteiger charge is -2.11. The molecule has 100 valence electrons. The van der Waals surface area contributed by atoms with Crippen molar-refractivity contribution in [1.82, 2.24) is 4.98 Å². The highest BCUT2D eigenvalue weighted by Crippen LogP contribution is 2.30. The van der Waals surface area contributed by atoms with Crippen LogP contribution in [0.2, 0.25) is 0 Å². The Morgan fingerprint density at radius 2 is 1.42 bits per heavy atom. The van der Waals surface area contributed by atoms with E-state index in [1.54, 1.807) is 0 Å². The summed E-state index contributed by atoms with van der Waals surface area (Å²) in [5.41, 5.74) is 4.13. The molecule has 0 aliphatic heterocycles. The van der Waals surface area contributed by atoms with Crippen LogP contribution in [-0.4, -0.2) is 4.98 Å². The molecule has 0 atom stereocenters. The zero-order chi connectivity index (χ0) is 14.2. The largest absolute Gasteiger partial charge is 0.382 e. The molecule has 0 aliphatic rings. The van der Waals surface area contributed by atoms with Crippen molar-refractivity contribution < 1.29 is 22.0 Å². The standard InChI is InChI=1S/C11H6F5N3/c12-5-6(13)8(15)10(9(16)7(5)14)19-4-2-1-3-18-11(4)17/h1-3,19H,(H2,17,18). The summed E-state index contributed by atoms with van der Waals surface area (Å²) >= 11 is 0. The van der Waals surface area contributed by atoms with Crippen LogP contribution in [0.15, 0.2) is 18.3 Å².